The Labute approximate surface area is 102 Å². The van der Waals surface area contributed by atoms with Gasteiger partial charge in [0.25, 0.3) is 0 Å². The number of fused-ring (bicyclic) bond motifs is 1. The summed E-state index contributed by atoms with van der Waals surface area (Å²) in [7, 11) is 0. The zero-order valence-corrected chi connectivity index (χ0v) is 9.92. The van der Waals surface area contributed by atoms with E-state index in [4.69, 9.17) is 5.73 Å². The van der Waals surface area contributed by atoms with Gasteiger partial charge in [-0.3, -0.25) is 0 Å². The Bertz CT molecular complexity index is 627. The number of imidazole rings is 1. The number of nitrogens with one attached hydrogen (secondary N) is 2. The number of aromatic amines is 1. The number of hydrogen-bond donors (Lipinski definition) is 3. The maximum Gasteiger partial charge on any atom is 0.201 e. The average Bonchev–Trinajstić information content (AvgIpc) is 2.94. The molecule has 17 heavy (non-hydrogen) atoms. The van der Waals surface area contributed by atoms with Crippen molar-refractivity contribution in [2.45, 2.75) is 6.54 Å². The Hall–Kier alpha value is -2.01. The second kappa shape index (κ2) is 4.10. The van der Waals surface area contributed by atoms with Gasteiger partial charge in [-0.15, -0.1) is 0 Å². The zero-order chi connectivity index (χ0) is 11.7. The third-order valence-corrected chi connectivity index (χ3v) is 3.28. The quantitative estimate of drug-likeness (QED) is 0.621. The summed E-state index contributed by atoms with van der Waals surface area (Å²) in [6.45, 7) is 0.777. The number of nitrogens with zero attached hydrogens (tertiary/aromatic N) is 1. The van der Waals surface area contributed by atoms with Gasteiger partial charge >= 0.3 is 0 Å². The minimum absolute atomic E-state index is 0.741. The summed E-state index contributed by atoms with van der Waals surface area (Å²) in [5, 5.41) is 7.44. The molecule has 4 N–H and O–H groups in total. The van der Waals surface area contributed by atoms with E-state index in [9.17, 15) is 0 Å². The van der Waals surface area contributed by atoms with Crippen molar-refractivity contribution in [2.75, 3.05) is 11.1 Å². The molecule has 0 bridgehead atoms. The van der Waals surface area contributed by atoms with Gasteiger partial charge in [0.2, 0.25) is 5.95 Å². The monoisotopic (exact) mass is 244 g/mol. The number of H-pyrrole nitrogens is 1. The van der Waals surface area contributed by atoms with Gasteiger partial charge in [-0.2, -0.15) is 11.3 Å². The van der Waals surface area contributed by atoms with Crippen molar-refractivity contribution in [1.82, 2.24) is 9.97 Å². The smallest absolute Gasteiger partial charge is 0.201 e. The van der Waals surface area contributed by atoms with Gasteiger partial charge in [-0.25, -0.2) is 4.98 Å². The van der Waals surface area contributed by atoms with E-state index in [1.807, 2.05) is 18.2 Å². The first kappa shape index (κ1) is 10.2. The molecule has 0 aliphatic carbocycles. The number of nitrogens with two attached hydrogens (primary N) is 1. The molecule has 0 saturated heterocycles. The second-order valence-electron chi connectivity index (χ2n) is 3.85. The first-order valence-corrected chi connectivity index (χ1v) is 6.26. The predicted molar refractivity (Wildman–Crippen MR) is 72.2 cm³/mol. The van der Waals surface area contributed by atoms with Crippen LogP contribution in [0.15, 0.2) is 35.0 Å². The van der Waals surface area contributed by atoms with Crippen molar-refractivity contribution in [2.24, 2.45) is 0 Å². The normalized spacial score (nSPS) is 10.8. The molecule has 0 atom stereocenters. The molecule has 86 valence electrons. The van der Waals surface area contributed by atoms with Crippen LogP contribution in [0.5, 0.6) is 0 Å². The van der Waals surface area contributed by atoms with Crippen molar-refractivity contribution in [3.05, 3.63) is 40.6 Å². The van der Waals surface area contributed by atoms with Gasteiger partial charge in [-0.05, 0) is 40.6 Å². The summed E-state index contributed by atoms with van der Waals surface area (Å²) in [5.41, 5.74) is 9.60. The van der Waals surface area contributed by atoms with Crippen LogP contribution < -0.4 is 11.1 Å². The summed E-state index contributed by atoms with van der Waals surface area (Å²) >= 11 is 1.69. The van der Waals surface area contributed by atoms with Gasteiger partial charge in [-0.1, -0.05) is 0 Å². The number of nitrogen functional groups attached to an aromatic ring is 1. The average molecular weight is 244 g/mol. The van der Waals surface area contributed by atoms with Gasteiger partial charge < -0.3 is 16.0 Å². The van der Waals surface area contributed by atoms with Crippen molar-refractivity contribution in [3.63, 3.8) is 0 Å². The molecule has 5 heteroatoms. The molecule has 0 spiro atoms. The fourth-order valence-corrected chi connectivity index (χ4v) is 2.36. The van der Waals surface area contributed by atoms with Gasteiger partial charge in [0, 0.05) is 12.2 Å². The van der Waals surface area contributed by atoms with Crippen LogP contribution in [-0.4, -0.2) is 9.97 Å². The lowest BCUT2D eigenvalue weighted by atomic mass is 10.3. The van der Waals surface area contributed by atoms with E-state index in [1.54, 1.807) is 11.3 Å². The van der Waals surface area contributed by atoms with Crippen LogP contribution in [0.25, 0.3) is 11.0 Å². The first-order chi connectivity index (χ1) is 8.31. The third-order valence-electron chi connectivity index (χ3n) is 2.55. The fraction of sp³-hybridized carbons (Fsp3) is 0.0833. The van der Waals surface area contributed by atoms with Crippen LogP contribution in [0.4, 0.5) is 11.6 Å². The standard InChI is InChI=1S/C12H12N4S/c13-9-1-2-10-11(5-9)16-12(15-10)14-6-8-3-4-17-7-8/h1-5,7H,6,13H2,(H2,14,15,16). The summed E-state index contributed by atoms with van der Waals surface area (Å²) in [6.07, 6.45) is 0. The highest BCUT2D eigenvalue weighted by Gasteiger charge is 2.02. The minimum Gasteiger partial charge on any atom is -0.399 e. The highest BCUT2D eigenvalue weighted by molar-refractivity contribution is 7.07. The van der Waals surface area contributed by atoms with Crippen molar-refractivity contribution in [3.8, 4) is 0 Å². The Morgan fingerprint density at radius 3 is 3.12 bits per heavy atom. The van der Waals surface area contributed by atoms with Crippen LogP contribution in [0.3, 0.4) is 0 Å². The molecule has 0 aliphatic rings. The van der Waals surface area contributed by atoms with Crippen molar-refractivity contribution >= 4 is 34.0 Å². The lowest BCUT2D eigenvalue weighted by Crippen LogP contribution is -1.99. The molecule has 1 aromatic carbocycles. The SMILES string of the molecule is Nc1ccc2nc(NCc3ccsc3)[nH]c2c1. The molecular weight excluding hydrogens is 232 g/mol. The van der Waals surface area contributed by atoms with E-state index >= 15 is 0 Å². The van der Waals surface area contributed by atoms with Crippen LogP contribution in [-0.2, 0) is 6.54 Å². The molecule has 0 saturated carbocycles. The molecular formula is C12H12N4S. The second-order valence-corrected chi connectivity index (χ2v) is 4.63. The van der Waals surface area contributed by atoms with Gasteiger partial charge in [0.1, 0.15) is 0 Å². The summed E-state index contributed by atoms with van der Waals surface area (Å²) in [6, 6.07) is 7.75. The van der Waals surface area contributed by atoms with Crippen LogP contribution in [0.2, 0.25) is 0 Å². The summed E-state index contributed by atoms with van der Waals surface area (Å²) in [5.74, 6) is 0.775. The highest BCUT2D eigenvalue weighted by atomic mass is 32.1. The Morgan fingerprint density at radius 2 is 2.29 bits per heavy atom. The maximum absolute atomic E-state index is 5.72. The number of benzene rings is 1. The van der Waals surface area contributed by atoms with Crippen LogP contribution >= 0.6 is 11.3 Å². The van der Waals surface area contributed by atoms with Gasteiger partial charge in [0.05, 0.1) is 11.0 Å². The van der Waals surface area contributed by atoms with E-state index in [0.717, 1.165) is 29.2 Å². The van der Waals surface area contributed by atoms with Crippen molar-refractivity contribution < 1.29 is 0 Å². The lowest BCUT2D eigenvalue weighted by molar-refractivity contribution is 1.11. The molecule has 2 heterocycles. The molecule has 0 fully saturated rings. The largest absolute Gasteiger partial charge is 0.399 e. The number of rotatable bonds is 3. The maximum atomic E-state index is 5.72. The molecule has 3 rings (SSSR count). The van der Waals surface area contributed by atoms with E-state index in [1.165, 1.54) is 5.56 Å². The first-order valence-electron chi connectivity index (χ1n) is 5.31. The molecule has 0 amide bonds. The molecule has 0 radical (unpaired) electrons. The molecule has 0 aliphatic heterocycles. The Morgan fingerprint density at radius 1 is 1.35 bits per heavy atom. The molecule has 2 aromatic heterocycles. The predicted octanol–water partition coefficient (Wildman–Crippen LogP) is 2.82. The van der Waals surface area contributed by atoms with E-state index in [-0.39, 0.29) is 0 Å². The van der Waals surface area contributed by atoms with Crippen molar-refractivity contribution in [1.29, 1.82) is 0 Å². The van der Waals surface area contributed by atoms with E-state index < -0.39 is 0 Å². The fourth-order valence-electron chi connectivity index (χ4n) is 1.69. The zero-order valence-electron chi connectivity index (χ0n) is 9.10. The van der Waals surface area contributed by atoms with E-state index in [2.05, 4.69) is 32.1 Å². The summed E-state index contributed by atoms with van der Waals surface area (Å²) < 4.78 is 0. The Balaban J connectivity index is 1.81. The van der Waals surface area contributed by atoms with Gasteiger partial charge in [0.15, 0.2) is 0 Å². The van der Waals surface area contributed by atoms with Crippen LogP contribution in [0.1, 0.15) is 5.56 Å². The molecule has 4 nitrogen and oxygen atoms in total. The Kier molecular flexibility index (Phi) is 2.45. The minimum atomic E-state index is 0.741. The molecule has 0 unspecified atom stereocenters. The number of thiophene rings is 1. The number of anilines is 2. The topological polar surface area (TPSA) is 66.7 Å². The van der Waals surface area contributed by atoms with Crippen LogP contribution in [0, 0.1) is 0 Å². The number of hydrogen-bond acceptors (Lipinski definition) is 4. The highest BCUT2D eigenvalue weighted by Crippen LogP contribution is 2.17. The third kappa shape index (κ3) is 2.09. The lowest BCUT2D eigenvalue weighted by Gasteiger charge is -1.98. The number of aromatic nitrogens is 2. The molecule has 3 aromatic rings. The summed E-state index contributed by atoms with van der Waals surface area (Å²) in [4.78, 5) is 7.63. The van der Waals surface area contributed by atoms with E-state index in [0.29, 0.717) is 0 Å².